The van der Waals surface area contributed by atoms with E-state index in [2.05, 4.69) is 93.4 Å². The summed E-state index contributed by atoms with van der Waals surface area (Å²) in [5.41, 5.74) is 5.85. The van der Waals surface area contributed by atoms with Crippen molar-refractivity contribution in [2.24, 2.45) is 0 Å². The van der Waals surface area contributed by atoms with E-state index in [1.165, 1.54) is 27.1 Å². The van der Waals surface area contributed by atoms with Gasteiger partial charge in [0.1, 0.15) is 0 Å². The zero-order valence-electron chi connectivity index (χ0n) is 16.9. The maximum atomic E-state index is 6.43. The van der Waals surface area contributed by atoms with Crippen LogP contribution < -0.4 is 4.72 Å². The van der Waals surface area contributed by atoms with Gasteiger partial charge in [-0.1, -0.05) is 64.5 Å². The third-order valence-corrected chi connectivity index (χ3v) is 7.78. The quantitative estimate of drug-likeness (QED) is 0.430. The van der Waals surface area contributed by atoms with Crippen molar-refractivity contribution in [2.45, 2.75) is 48.6 Å². The molecule has 1 fully saturated rings. The highest BCUT2D eigenvalue weighted by Crippen LogP contribution is 2.40. The molecule has 2 nitrogen and oxygen atoms in total. The van der Waals surface area contributed by atoms with Crippen molar-refractivity contribution in [3.8, 4) is 0 Å². The van der Waals surface area contributed by atoms with E-state index < -0.39 is 0 Å². The summed E-state index contributed by atoms with van der Waals surface area (Å²) < 4.78 is 11.3. The number of fused-ring (bicyclic) bond motifs is 2. The van der Waals surface area contributed by atoms with Gasteiger partial charge in [-0.05, 0) is 84.2 Å². The van der Waals surface area contributed by atoms with Gasteiger partial charge in [0.05, 0.1) is 6.10 Å². The maximum absolute atomic E-state index is 6.43. The van der Waals surface area contributed by atoms with Crippen molar-refractivity contribution in [2.75, 3.05) is 6.61 Å². The van der Waals surface area contributed by atoms with Gasteiger partial charge in [0.25, 0.3) is 0 Å². The van der Waals surface area contributed by atoms with Crippen LogP contribution >= 0.6 is 27.9 Å². The summed E-state index contributed by atoms with van der Waals surface area (Å²) >= 11 is 5.25. The third-order valence-electron chi connectivity index (χ3n) is 6.29. The standard InChI is InChI=1S/C26H26BrNOS/c27-20-11-13-22(14-12-20)30-28-21-15-16-29-25(17-21)26-23-7-3-1-5-18(23)9-10-19-6-2-4-8-24(19)26/h1-8,11-14,21,25-26,28H,9-10,15-17H2. The summed E-state index contributed by atoms with van der Waals surface area (Å²) in [4.78, 5) is 1.24. The van der Waals surface area contributed by atoms with Crippen LogP contribution in [0.1, 0.15) is 41.0 Å². The zero-order valence-corrected chi connectivity index (χ0v) is 19.3. The molecule has 1 heterocycles. The molecule has 0 bridgehead atoms. The molecule has 1 N–H and O–H groups in total. The lowest BCUT2D eigenvalue weighted by Gasteiger charge is -2.36. The predicted molar refractivity (Wildman–Crippen MR) is 128 cm³/mol. The average Bonchev–Trinajstić information content (AvgIpc) is 2.96. The van der Waals surface area contributed by atoms with E-state index in [0.29, 0.717) is 12.0 Å². The van der Waals surface area contributed by atoms with E-state index in [0.717, 1.165) is 36.8 Å². The molecule has 2 aliphatic rings. The monoisotopic (exact) mass is 479 g/mol. The molecule has 1 aliphatic heterocycles. The molecule has 5 rings (SSSR count). The molecule has 1 saturated heterocycles. The van der Waals surface area contributed by atoms with Gasteiger partial charge >= 0.3 is 0 Å². The van der Waals surface area contributed by atoms with Gasteiger partial charge in [-0.3, -0.25) is 4.72 Å². The Balaban J connectivity index is 1.38. The molecule has 0 radical (unpaired) electrons. The van der Waals surface area contributed by atoms with Gasteiger partial charge in [0.2, 0.25) is 0 Å². The number of hydrogen-bond donors (Lipinski definition) is 1. The fraction of sp³-hybridized carbons (Fsp3) is 0.308. The summed E-state index contributed by atoms with van der Waals surface area (Å²) in [6.45, 7) is 0.810. The van der Waals surface area contributed by atoms with Crippen LogP contribution in [0.15, 0.2) is 82.2 Å². The molecule has 3 aromatic rings. The Morgan fingerprint density at radius 2 is 1.47 bits per heavy atom. The zero-order chi connectivity index (χ0) is 20.3. The van der Waals surface area contributed by atoms with Gasteiger partial charge in [-0.25, -0.2) is 0 Å². The second kappa shape index (κ2) is 9.27. The van der Waals surface area contributed by atoms with Crippen LogP contribution in [0.3, 0.4) is 0 Å². The first-order valence-electron chi connectivity index (χ1n) is 10.7. The first-order valence-corrected chi connectivity index (χ1v) is 12.3. The van der Waals surface area contributed by atoms with Crippen LogP contribution in [0, 0.1) is 0 Å². The fourth-order valence-corrected chi connectivity index (χ4v) is 5.84. The molecule has 3 aromatic carbocycles. The predicted octanol–water partition coefficient (Wildman–Crippen LogP) is 6.52. The molecule has 0 saturated carbocycles. The highest BCUT2D eigenvalue weighted by atomic mass is 79.9. The Labute approximate surface area is 191 Å². The molecule has 2 unspecified atom stereocenters. The molecular formula is C26H26BrNOS. The molecular weight excluding hydrogens is 454 g/mol. The Morgan fingerprint density at radius 1 is 0.833 bits per heavy atom. The summed E-state index contributed by atoms with van der Waals surface area (Å²) in [5, 5.41) is 0. The van der Waals surface area contributed by atoms with E-state index in [9.17, 15) is 0 Å². The molecule has 154 valence electrons. The minimum atomic E-state index is 0.196. The van der Waals surface area contributed by atoms with Gasteiger partial charge < -0.3 is 4.74 Å². The number of ether oxygens (including phenoxy) is 1. The molecule has 0 amide bonds. The SMILES string of the molecule is Brc1ccc(SNC2CCOC(C3c4ccccc4CCc4ccccc43)C2)cc1. The van der Waals surface area contributed by atoms with Crippen LogP contribution in [0.2, 0.25) is 0 Å². The van der Waals surface area contributed by atoms with E-state index in [-0.39, 0.29) is 6.10 Å². The Hall–Kier alpha value is -1.59. The molecule has 30 heavy (non-hydrogen) atoms. The van der Waals surface area contributed by atoms with Gasteiger partial charge in [0.15, 0.2) is 0 Å². The number of aryl methyl sites for hydroxylation is 2. The number of hydrogen-bond acceptors (Lipinski definition) is 3. The van der Waals surface area contributed by atoms with E-state index in [1.54, 1.807) is 11.9 Å². The highest BCUT2D eigenvalue weighted by Gasteiger charge is 2.34. The first-order chi connectivity index (χ1) is 14.8. The number of benzene rings is 3. The molecule has 2 atom stereocenters. The van der Waals surface area contributed by atoms with Crippen LogP contribution in [0.25, 0.3) is 0 Å². The smallest absolute Gasteiger partial charge is 0.0699 e. The lowest BCUT2D eigenvalue weighted by molar-refractivity contribution is -0.00360. The normalized spacial score (nSPS) is 21.5. The van der Waals surface area contributed by atoms with E-state index in [4.69, 9.17) is 4.74 Å². The van der Waals surface area contributed by atoms with Gasteiger partial charge in [-0.15, -0.1) is 0 Å². The van der Waals surface area contributed by atoms with Gasteiger partial charge in [0, 0.05) is 27.9 Å². The Bertz CT molecular complexity index is 958. The number of nitrogens with one attached hydrogen (secondary N) is 1. The minimum absolute atomic E-state index is 0.196. The van der Waals surface area contributed by atoms with Crippen LogP contribution in [-0.4, -0.2) is 18.8 Å². The molecule has 4 heteroatoms. The van der Waals surface area contributed by atoms with Crippen molar-refractivity contribution >= 4 is 27.9 Å². The minimum Gasteiger partial charge on any atom is -0.377 e. The van der Waals surface area contributed by atoms with Crippen molar-refractivity contribution in [1.82, 2.24) is 4.72 Å². The van der Waals surface area contributed by atoms with Crippen molar-refractivity contribution in [3.63, 3.8) is 0 Å². The third kappa shape index (κ3) is 4.38. The summed E-state index contributed by atoms with van der Waals surface area (Å²) in [6, 6.07) is 26.9. The van der Waals surface area contributed by atoms with Crippen LogP contribution in [0.5, 0.6) is 0 Å². The molecule has 0 aromatic heterocycles. The summed E-state index contributed by atoms with van der Waals surface area (Å²) in [7, 11) is 0. The summed E-state index contributed by atoms with van der Waals surface area (Å²) in [6.07, 6.45) is 4.49. The largest absolute Gasteiger partial charge is 0.377 e. The topological polar surface area (TPSA) is 21.3 Å². The Morgan fingerprint density at radius 3 is 2.13 bits per heavy atom. The lowest BCUT2D eigenvalue weighted by atomic mass is 9.80. The highest BCUT2D eigenvalue weighted by molar-refractivity contribution is 9.10. The van der Waals surface area contributed by atoms with E-state index in [1.807, 2.05) is 0 Å². The first kappa shape index (κ1) is 20.3. The number of rotatable bonds is 4. The van der Waals surface area contributed by atoms with Crippen LogP contribution in [0.4, 0.5) is 0 Å². The lowest BCUT2D eigenvalue weighted by Crippen LogP contribution is -2.39. The second-order valence-electron chi connectivity index (χ2n) is 8.18. The maximum Gasteiger partial charge on any atom is 0.0699 e. The van der Waals surface area contributed by atoms with Crippen LogP contribution in [-0.2, 0) is 17.6 Å². The average molecular weight is 480 g/mol. The number of halogens is 1. The molecule has 1 aliphatic carbocycles. The fourth-order valence-electron chi connectivity index (χ4n) is 4.79. The molecule has 0 spiro atoms. The van der Waals surface area contributed by atoms with Gasteiger partial charge in [-0.2, -0.15) is 0 Å². The van der Waals surface area contributed by atoms with Crippen molar-refractivity contribution in [1.29, 1.82) is 0 Å². The van der Waals surface area contributed by atoms with Crippen molar-refractivity contribution < 1.29 is 4.74 Å². The summed E-state index contributed by atoms with van der Waals surface area (Å²) in [5.74, 6) is 0.308. The second-order valence-corrected chi connectivity index (χ2v) is 10.0. The van der Waals surface area contributed by atoms with E-state index >= 15 is 0 Å². The van der Waals surface area contributed by atoms with Crippen molar-refractivity contribution in [3.05, 3.63) is 99.5 Å². The Kier molecular flexibility index (Phi) is 6.28.